The van der Waals surface area contributed by atoms with Gasteiger partial charge >= 0.3 is 0 Å². The Bertz CT molecular complexity index is 1460. The van der Waals surface area contributed by atoms with E-state index in [-0.39, 0.29) is 5.56 Å². The molecule has 0 atom stereocenters. The number of nitrogens with zero attached hydrogens (tertiary/aromatic N) is 4. The number of H-pyrrole nitrogens is 1. The van der Waals surface area contributed by atoms with Gasteiger partial charge in [0, 0.05) is 0 Å². The number of hydrogen-bond acceptors (Lipinski definition) is 7. The lowest BCUT2D eigenvalue weighted by molar-refractivity contribution is 0.412. The largest absolute Gasteiger partial charge is 0.495 e. The number of aryl methyl sites for hydroxylation is 1. The lowest BCUT2D eigenvalue weighted by atomic mass is 10.2. The van der Waals surface area contributed by atoms with Crippen molar-refractivity contribution in [3.63, 3.8) is 0 Å². The van der Waals surface area contributed by atoms with Gasteiger partial charge < -0.3 is 9.72 Å². The number of nitrogens with one attached hydrogen (secondary N) is 1. The molecule has 2 aromatic carbocycles. The third-order valence-electron chi connectivity index (χ3n) is 4.95. The highest BCUT2D eigenvalue weighted by Gasteiger charge is 2.20. The summed E-state index contributed by atoms with van der Waals surface area (Å²) in [7, 11) is 1.65. The second kappa shape index (κ2) is 8.60. The number of para-hydroxylation sites is 2. The molecule has 0 aliphatic rings. The number of ether oxygens (including phenoxy) is 1. The summed E-state index contributed by atoms with van der Waals surface area (Å²) in [5.74, 6) is 2.49. The van der Waals surface area contributed by atoms with Crippen LogP contribution < -0.4 is 10.3 Å². The van der Waals surface area contributed by atoms with Crippen molar-refractivity contribution in [2.24, 2.45) is 0 Å². The zero-order valence-corrected chi connectivity index (χ0v) is 19.0. The van der Waals surface area contributed by atoms with E-state index in [1.807, 2.05) is 71.5 Å². The quantitative estimate of drug-likeness (QED) is 0.364. The maximum atomic E-state index is 12.5. The maximum Gasteiger partial charge on any atom is 0.258 e. The predicted octanol–water partition coefficient (Wildman–Crippen LogP) is 4.84. The Morgan fingerprint density at radius 2 is 2.00 bits per heavy atom. The minimum absolute atomic E-state index is 0.139. The summed E-state index contributed by atoms with van der Waals surface area (Å²) in [6, 6.07) is 17.4. The number of thiophene rings is 1. The van der Waals surface area contributed by atoms with Gasteiger partial charge in [-0.1, -0.05) is 41.6 Å². The van der Waals surface area contributed by atoms with Crippen LogP contribution in [0, 0.1) is 6.92 Å². The highest BCUT2D eigenvalue weighted by Crippen LogP contribution is 2.34. The first-order valence-corrected chi connectivity index (χ1v) is 11.8. The molecule has 9 heteroatoms. The Kier molecular flexibility index (Phi) is 5.50. The molecule has 3 aromatic heterocycles. The lowest BCUT2D eigenvalue weighted by Gasteiger charge is -2.13. The van der Waals surface area contributed by atoms with E-state index in [9.17, 15) is 4.79 Å². The second-order valence-corrected chi connectivity index (χ2v) is 9.00. The van der Waals surface area contributed by atoms with E-state index in [0.29, 0.717) is 27.6 Å². The van der Waals surface area contributed by atoms with E-state index < -0.39 is 0 Å². The monoisotopic (exact) mass is 461 g/mol. The first-order chi connectivity index (χ1) is 15.6. The third-order valence-corrected chi connectivity index (χ3v) is 6.75. The SMILES string of the molecule is COc1ccccc1-n1c(SCc2nc3ccc(C)cc3c(=O)[nH]2)nnc1-c1cccs1. The summed E-state index contributed by atoms with van der Waals surface area (Å²) in [4.78, 5) is 21.1. The van der Waals surface area contributed by atoms with Gasteiger partial charge in [0.2, 0.25) is 0 Å². The number of aromatic nitrogens is 5. The molecular formula is C23H19N5O2S2. The average Bonchev–Trinajstić information content (AvgIpc) is 3.48. The molecule has 0 radical (unpaired) electrons. The Morgan fingerprint density at radius 1 is 1.12 bits per heavy atom. The van der Waals surface area contributed by atoms with Crippen LogP contribution in [-0.2, 0) is 5.75 Å². The average molecular weight is 462 g/mol. The van der Waals surface area contributed by atoms with Crippen molar-refractivity contribution in [3.05, 3.63) is 81.7 Å². The number of aromatic amines is 1. The molecule has 0 unspecified atom stereocenters. The van der Waals surface area contributed by atoms with Crippen LogP contribution >= 0.6 is 23.1 Å². The molecule has 160 valence electrons. The van der Waals surface area contributed by atoms with Crippen LogP contribution in [0.4, 0.5) is 0 Å². The van der Waals surface area contributed by atoms with Gasteiger partial charge in [-0.15, -0.1) is 21.5 Å². The van der Waals surface area contributed by atoms with Crippen molar-refractivity contribution < 1.29 is 4.74 Å². The molecule has 0 aliphatic heterocycles. The third kappa shape index (κ3) is 3.80. The number of thioether (sulfide) groups is 1. The van der Waals surface area contributed by atoms with Crippen LogP contribution in [0.15, 0.2) is 69.9 Å². The summed E-state index contributed by atoms with van der Waals surface area (Å²) >= 11 is 3.06. The Hall–Kier alpha value is -3.43. The number of benzene rings is 2. The van der Waals surface area contributed by atoms with Crippen LogP contribution in [-0.4, -0.2) is 31.8 Å². The van der Waals surface area contributed by atoms with Gasteiger partial charge in [-0.2, -0.15) is 0 Å². The summed E-state index contributed by atoms with van der Waals surface area (Å²) in [5, 5.41) is 12.2. The molecule has 5 aromatic rings. The minimum atomic E-state index is -0.139. The first-order valence-electron chi connectivity index (χ1n) is 9.89. The fourth-order valence-corrected chi connectivity index (χ4v) is 4.98. The molecule has 1 N–H and O–H groups in total. The molecule has 3 heterocycles. The number of methoxy groups -OCH3 is 1. The van der Waals surface area contributed by atoms with E-state index in [2.05, 4.69) is 20.2 Å². The van der Waals surface area contributed by atoms with Gasteiger partial charge in [0.1, 0.15) is 11.6 Å². The fourth-order valence-electron chi connectivity index (χ4n) is 3.46. The molecule has 32 heavy (non-hydrogen) atoms. The molecule has 7 nitrogen and oxygen atoms in total. The molecule has 0 spiro atoms. The van der Waals surface area contributed by atoms with Crippen molar-refractivity contribution in [1.82, 2.24) is 24.7 Å². The molecular weight excluding hydrogens is 442 g/mol. The zero-order chi connectivity index (χ0) is 22.1. The fraction of sp³-hybridized carbons (Fsp3) is 0.130. The van der Waals surface area contributed by atoms with Gasteiger partial charge in [0.25, 0.3) is 5.56 Å². The highest BCUT2D eigenvalue weighted by atomic mass is 32.2. The van der Waals surface area contributed by atoms with Gasteiger partial charge in [0.05, 0.1) is 34.3 Å². The second-order valence-electron chi connectivity index (χ2n) is 7.11. The van der Waals surface area contributed by atoms with Crippen molar-refractivity contribution in [3.8, 4) is 22.1 Å². The summed E-state index contributed by atoms with van der Waals surface area (Å²) in [6.45, 7) is 1.96. The molecule has 0 amide bonds. The molecule has 0 saturated carbocycles. The van der Waals surface area contributed by atoms with E-state index >= 15 is 0 Å². The highest BCUT2D eigenvalue weighted by molar-refractivity contribution is 7.98. The van der Waals surface area contributed by atoms with Gasteiger partial charge in [-0.3, -0.25) is 9.36 Å². The van der Waals surface area contributed by atoms with Gasteiger partial charge in [-0.25, -0.2) is 4.98 Å². The van der Waals surface area contributed by atoms with Crippen LogP contribution in [0.2, 0.25) is 0 Å². The normalized spacial score (nSPS) is 11.2. The minimum Gasteiger partial charge on any atom is -0.495 e. The van der Waals surface area contributed by atoms with Crippen molar-refractivity contribution >= 4 is 34.0 Å². The Balaban J connectivity index is 1.54. The topological polar surface area (TPSA) is 85.7 Å². The van der Waals surface area contributed by atoms with Crippen LogP contribution in [0.5, 0.6) is 5.75 Å². The van der Waals surface area contributed by atoms with Gasteiger partial charge in [0.15, 0.2) is 11.0 Å². The predicted molar refractivity (Wildman–Crippen MR) is 128 cm³/mol. The molecule has 0 saturated heterocycles. The standard InChI is InChI=1S/C23H19N5O2S2/c1-14-9-10-16-15(12-14)22(29)25-20(24-16)13-32-23-27-26-21(19-8-5-11-31-19)28(23)17-6-3-4-7-18(17)30-2/h3-12H,13H2,1-2H3,(H,24,25,29). The Labute approximate surface area is 192 Å². The molecule has 5 rings (SSSR count). The summed E-state index contributed by atoms with van der Waals surface area (Å²) in [5.41, 5.74) is 2.42. The van der Waals surface area contributed by atoms with Gasteiger partial charge in [-0.05, 0) is 42.6 Å². The van der Waals surface area contributed by atoms with E-state index in [1.54, 1.807) is 18.4 Å². The number of hydrogen-bond donors (Lipinski definition) is 1. The van der Waals surface area contributed by atoms with Crippen LogP contribution in [0.1, 0.15) is 11.4 Å². The van der Waals surface area contributed by atoms with Crippen LogP contribution in [0.3, 0.4) is 0 Å². The van der Waals surface area contributed by atoms with Crippen molar-refractivity contribution in [1.29, 1.82) is 0 Å². The molecule has 0 fully saturated rings. The zero-order valence-electron chi connectivity index (χ0n) is 17.4. The molecule has 0 aliphatic carbocycles. The summed E-state index contributed by atoms with van der Waals surface area (Å²) < 4.78 is 7.57. The van der Waals surface area contributed by atoms with Crippen LogP contribution in [0.25, 0.3) is 27.3 Å². The lowest BCUT2D eigenvalue weighted by Crippen LogP contribution is -2.11. The summed E-state index contributed by atoms with van der Waals surface area (Å²) in [6.07, 6.45) is 0. The van der Waals surface area contributed by atoms with E-state index in [0.717, 1.165) is 27.7 Å². The van der Waals surface area contributed by atoms with E-state index in [1.165, 1.54) is 11.8 Å². The smallest absolute Gasteiger partial charge is 0.258 e. The number of fused-ring (bicyclic) bond motifs is 1. The molecule has 0 bridgehead atoms. The number of rotatable bonds is 6. The van der Waals surface area contributed by atoms with Crippen molar-refractivity contribution in [2.45, 2.75) is 17.8 Å². The Morgan fingerprint density at radius 3 is 2.81 bits per heavy atom. The first kappa shape index (κ1) is 20.5. The van der Waals surface area contributed by atoms with Crippen molar-refractivity contribution in [2.75, 3.05) is 7.11 Å². The maximum absolute atomic E-state index is 12.5. The van der Waals surface area contributed by atoms with E-state index in [4.69, 9.17) is 4.74 Å².